The molecule has 142 valence electrons. The van der Waals surface area contributed by atoms with E-state index in [2.05, 4.69) is 15.5 Å². The van der Waals surface area contributed by atoms with Crippen LogP contribution in [0.25, 0.3) is 0 Å². The van der Waals surface area contributed by atoms with E-state index >= 15 is 0 Å². The van der Waals surface area contributed by atoms with Crippen molar-refractivity contribution in [1.29, 1.82) is 0 Å². The van der Waals surface area contributed by atoms with Gasteiger partial charge in [-0.2, -0.15) is 0 Å². The molecular formula is C18H19FN4O4. The van der Waals surface area contributed by atoms with Gasteiger partial charge in [0.05, 0.1) is 11.1 Å². The van der Waals surface area contributed by atoms with Gasteiger partial charge in [0.2, 0.25) is 11.8 Å². The number of carbonyl (C=O) groups excluding carboxylic acids is 4. The van der Waals surface area contributed by atoms with E-state index in [0.717, 1.165) is 31.1 Å². The molecule has 0 saturated carbocycles. The molecule has 9 heteroatoms. The summed E-state index contributed by atoms with van der Waals surface area (Å²) in [6.45, 7) is 3.63. The van der Waals surface area contributed by atoms with Crippen molar-refractivity contribution < 1.29 is 23.6 Å². The molecule has 0 aromatic heterocycles. The molecule has 0 spiro atoms. The zero-order valence-corrected chi connectivity index (χ0v) is 14.6. The Morgan fingerprint density at radius 2 is 1.74 bits per heavy atom. The first-order valence-electron chi connectivity index (χ1n) is 8.93. The van der Waals surface area contributed by atoms with E-state index in [0.29, 0.717) is 12.1 Å². The van der Waals surface area contributed by atoms with Gasteiger partial charge in [-0.3, -0.25) is 34.3 Å². The molecule has 4 amide bonds. The monoisotopic (exact) mass is 374 g/mol. The Kier molecular flexibility index (Phi) is 4.48. The molecule has 4 rings (SSSR count). The molecule has 8 nitrogen and oxygen atoms in total. The van der Waals surface area contributed by atoms with Crippen molar-refractivity contribution in [3.05, 3.63) is 34.6 Å². The molecule has 1 unspecified atom stereocenters. The first-order valence-corrected chi connectivity index (χ1v) is 8.93. The van der Waals surface area contributed by atoms with Gasteiger partial charge < -0.3 is 5.32 Å². The SMILES string of the molecule is O=C1CCC(N2C(=O)c3c(F)ccc(CN4CCNCC4)c3C2=O)C(=O)N1. The van der Waals surface area contributed by atoms with E-state index in [4.69, 9.17) is 0 Å². The molecule has 27 heavy (non-hydrogen) atoms. The van der Waals surface area contributed by atoms with Crippen LogP contribution in [0.2, 0.25) is 0 Å². The molecular weight excluding hydrogens is 355 g/mol. The van der Waals surface area contributed by atoms with Crippen LogP contribution in [-0.4, -0.2) is 65.6 Å². The molecule has 2 N–H and O–H groups in total. The second kappa shape index (κ2) is 6.82. The van der Waals surface area contributed by atoms with Gasteiger partial charge in [-0.05, 0) is 18.1 Å². The molecule has 0 aliphatic carbocycles. The van der Waals surface area contributed by atoms with E-state index in [1.807, 2.05) is 0 Å². The fraction of sp³-hybridized carbons (Fsp3) is 0.444. The summed E-state index contributed by atoms with van der Waals surface area (Å²) in [6, 6.07) is 1.62. The Morgan fingerprint density at radius 3 is 2.44 bits per heavy atom. The standard InChI is InChI=1S/C18H19FN4O4/c19-11-2-1-10(9-22-7-5-20-6-8-22)14-15(11)18(27)23(17(14)26)12-3-4-13(24)21-16(12)25/h1-2,12,20H,3-9H2,(H,21,24,25). The number of rotatable bonds is 3. The summed E-state index contributed by atoms with van der Waals surface area (Å²) in [4.78, 5) is 52.2. The minimum absolute atomic E-state index is 0.0277. The predicted octanol–water partition coefficient (Wildman–Crippen LogP) is -0.368. The van der Waals surface area contributed by atoms with Gasteiger partial charge in [-0.25, -0.2) is 4.39 Å². The summed E-state index contributed by atoms with van der Waals surface area (Å²) >= 11 is 0. The minimum Gasteiger partial charge on any atom is -0.314 e. The Morgan fingerprint density at radius 1 is 1.04 bits per heavy atom. The Bertz CT molecular complexity index is 850. The van der Waals surface area contributed by atoms with Crippen LogP contribution in [0.15, 0.2) is 12.1 Å². The largest absolute Gasteiger partial charge is 0.314 e. The van der Waals surface area contributed by atoms with Crippen LogP contribution in [0, 0.1) is 5.82 Å². The normalized spacial score (nSPS) is 23.6. The Labute approximate surface area is 154 Å². The number of imide groups is 2. The van der Waals surface area contributed by atoms with E-state index in [-0.39, 0.29) is 24.0 Å². The van der Waals surface area contributed by atoms with E-state index in [1.165, 1.54) is 12.1 Å². The molecule has 0 radical (unpaired) electrons. The fourth-order valence-corrected chi connectivity index (χ4v) is 3.86. The second-order valence-corrected chi connectivity index (χ2v) is 6.93. The third-order valence-corrected chi connectivity index (χ3v) is 5.23. The minimum atomic E-state index is -1.10. The van der Waals surface area contributed by atoms with Crippen molar-refractivity contribution in [1.82, 2.24) is 20.4 Å². The second-order valence-electron chi connectivity index (χ2n) is 6.93. The highest BCUT2D eigenvalue weighted by Gasteiger charge is 2.47. The summed E-state index contributed by atoms with van der Waals surface area (Å²) in [6.07, 6.45) is 0.0742. The van der Waals surface area contributed by atoms with Crippen molar-refractivity contribution in [3.63, 3.8) is 0 Å². The van der Waals surface area contributed by atoms with Crippen molar-refractivity contribution >= 4 is 23.6 Å². The number of hydrogen-bond acceptors (Lipinski definition) is 6. The van der Waals surface area contributed by atoms with Crippen molar-refractivity contribution in [2.24, 2.45) is 0 Å². The molecule has 0 bridgehead atoms. The lowest BCUT2D eigenvalue weighted by Gasteiger charge is -2.28. The van der Waals surface area contributed by atoms with Crippen molar-refractivity contribution in [3.8, 4) is 0 Å². The quantitative estimate of drug-likeness (QED) is 0.701. The number of piperidine rings is 1. The number of piperazine rings is 1. The summed E-state index contributed by atoms with van der Waals surface area (Å²) in [7, 11) is 0. The molecule has 2 fully saturated rings. The number of carbonyl (C=O) groups is 4. The molecule has 3 aliphatic rings. The van der Waals surface area contributed by atoms with Gasteiger partial charge in [-0.1, -0.05) is 6.07 Å². The van der Waals surface area contributed by atoms with Crippen LogP contribution in [0.5, 0.6) is 0 Å². The lowest BCUT2D eigenvalue weighted by molar-refractivity contribution is -0.136. The van der Waals surface area contributed by atoms with Crippen molar-refractivity contribution in [2.45, 2.75) is 25.4 Å². The molecule has 1 atom stereocenters. The molecule has 1 aromatic carbocycles. The van der Waals surface area contributed by atoms with Gasteiger partial charge in [0, 0.05) is 39.1 Å². The fourth-order valence-electron chi connectivity index (χ4n) is 3.86. The van der Waals surface area contributed by atoms with Gasteiger partial charge in [-0.15, -0.1) is 0 Å². The zero-order valence-electron chi connectivity index (χ0n) is 14.6. The Hall–Kier alpha value is -2.65. The highest BCUT2D eigenvalue weighted by Crippen LogP contribution is 2.32. The molecule has 1 aromatic rings. The number of hydrogen-bond donors (Lipinski definition) is 2. The van der Waals surface area contributed by atoms with Crippen LogP contribution in [0.4, 0.5) is 4.39 Å². The summed E-state index contributed by atoms with van der Waals surface area (Å²) in [5.74, 6) is -3.41. The average Bonchev–Trinajstić information content (AvgIpc) is 2.91. The van der Waals surface area contributed by atoms with Gasteiger partial charge in [0.15, 0.2) is 0 Å². The van der Waals surface area contributed by atoms with Gasteiger partial charge in [0.1, 0.15) is 11.9 Å². The molecule has 2 saturated heterocycles. The number of nitrogens with one attached hydrogen (secondary N) is 2. The number of amides is 4. The van der Waals surface area contributed by atoms with Crippen LogP contribution in [-0.2, 0) is 16.1 Å². The summed E-state index contributed by atoms with van der Waals surface area (Å²) < 4.78 is 14.4. The highest BCUT2D eigenvalue weighted by molar-refractivity contribution is 6.24. The maximum atomic E-state index is 14.4. The highest BCUT2D eigenvalue weighted by atomic mass is 19.1. The predicted molar refractivity (Wildman–Crippen MR) is 91.2 cm³/mol. The topological polar surface area (TPSA) is 98.8 Å². The van der Waals surface area contributed by atoms with Crippen LogP contribution >= 0.6 is 0 Å². The lowest BCUT2D eigenvalue weighted by Crippen LogP contribution is -2.54. The smallest absolute Gasteiger partial charge is 0.265 e. The van der Waals surface area contributed by atoms with E-state index in [9.17, 15) is 23.6 Å². The number of fused-ring (bicyclic) bond motifs is 1. The average molecular weight is 374 g/mol. The maximum Gasteiger partial charge on any atom is 0.265 e. The number of halogens is 1. The van der Waals surface area contributed by atoms with E-state index < -0.39 is 35.5 Å². The molecule has 3 aliphatic heterocycles. The van der Waals surface area contributed by atoms with Crippen LogP contribution in [0.1, 0.15) is 39.1 Å². The first-order chi connectivity index (χ1) is 13.0. The van der Waals surface area contributed by atoms with Crippen molar-refractivity contribution in [2.75, 3.05) is 26.2 Å². The first kappa shape index (κ1) is 17.7. The van der Waals surface area contributed by atoms with Crippen LogP contribution < -0.4 is 10.6 Å². The van der Waals surface area contributed by atoms with Crippen LogP contribution in [0.3, 0.4) is 0 Å². The Balaban J connectivity index is 1.67. The zero-order chi connectivity index (χ0) is 19.1. The summed E-state index contributed by atoms with van der Waals surface area (Å²) in [5, 5.41) is 5.37. The maximum absolute atomic E-state index is 14.4. The van der Waals surface area contributed by atoms with Gasteiger partial charge in [0.25, 0.3) is 11.8 Å². The summed E-state index contributed by atoms with van der Waals surface area (Å²) in [5.41, 5.74) is 0.321. The van der Waals surface area contributed by atoms with E-state index in [1.54, 1.807) is 0 Å². The molecule has 3 heterocycles. The van der Waals surface area contributed by atoms with Gasteiger partial charge >= 0.3 is 0 Å². The third-order valence-electron chi connectivity index (χ3n) is 5.23. The third kappa shape index (κ3) is 3.02. The number of nitrogens with zero attached hydrogens (tertiary/aromatic N) is 2. The number of benzene rings is 1. The lowest BCUT2D eigenvalue weighted by atomic mass is 10.0.